The first kappa shape index (κ1) is 28.4. The third-order valence-electron chi connectivity index (χ3n) is 7.40. The van der Waals surface area contributed by atoms with Crippen LogP contribution in [0.3, 0.4) is 0 Å². The van der Waals surface area contributed by atoms with Crippen LogP contribution in [0.2, 0.25) is 0 Å². The fourth-order valence-corrected chi connectivity index (χ4v) is 7.78. The molecule has 5 aromatic rings. The molecule has 1 aliphatic heterocycles. The highest BCUT2D eigenvalue weighted by atomic mass is 32.2. The maximum absolute atomic E-state index is 11.6. The van der Waals surface area contributed by atoms with Crippen molar-refractivity contribution < 1.29 is 17.5 Å². The van der Waals surface area contributed by atoms with Crippen LogP contribution in [0.5, 0.6) is 0 Å². The first-order valence-electron chi connectivity index (χ1n) is 13.8. The number of benzene rings is 4. The summed E-state index contributed by atoms with van der Waals surface area (Å²) in [4.78, 5) is 3.02. The van der Waals surface area contributed by atoms with Crippen molar-refractivity contribution in [2.45, 2.75) is 18.2 Å². The van der Waals surface area contributed by atoms with E-state index in [1.807, 2.05) is 29.2 Å². The van der Waals surface area contributed by atoms with Crippen LogP contribution in [-0.2, 0) is 17.2 Å². The van der Waals surface area contributed by atoms with Crippen LogP contribution in [0.25, 0.3) is 38.5 Å². The molecule has 0 aliphatic carbocycles. The van der Waals surface area contributed by atoms with E-state index in [1.165, 1.54) is 21.3 Å². The maximum atomic E-state index is 11.6. The minimum atomic E-state index is -4.37. The number of nitrogens with zero attached hydrogens (tertiary/aromatic N) is 2. The number of allylic oxidation sites excluding steroid dienone is 2. The summed E-state index contributed by atoms with van der Waals surface area (Å²) in [5.41, 5.74) is 7.72. The molecule has 6 rings (SSSR count). The van der Waals surface area contributed by atoms with Gasteiger partial charge in [-0.3, -0.25) is 0 Å². The molecule has 0 unspecified atom stereocenters. The molecule has 1 aliphatic rings. The molecule has 0 amide bonds. The third kappa shape index (κ3) is 6.08. The number of hydrogen-bond acceptors (Lipinski definition) is 6. The summed E-state index contributed by atoms with van der Waals surface area (Å²) < 4.78 is 38.3. The zero-order valence-corrected chi connectivity index (χ0v) is 25.8. The van der Waals surface area contributed by atoms with E-state index in [9.17, 15) is 13.0 Å². The monoisotopic (exact) mass is 610 g/mol. The van der Waals surface area contributed by atoms with E-state index in [-0.39, 0.29) is 6.54 Å². The van der Waals surface area contributed by atoms with Crippen LogP contribution in [0, 0.1) is 0 Å². The van der Waals surface area contributed by atoms with Crippen molar-refractivity contribution in [3.63, 3.8) is 0 Å². The van der Waals surface area contributed by atoms with Gasteiger partial charge >= 0.3 is 0 Å². The Bertz CT molecular complexity index is 1930. The van der Waals surface area contributed by atoms with Gasteiger partial charge in [-0.2, -0.15) is 4.57 Å². The van der Waals surface area contributed by atoms with Crippen molar-refractivity contribution in [1.29, 1.82) is 0 Å². The van der Waals surface area contributed by atoms with E-state index in [4.69, 9.17) is 0 Å². The largest absolute Gasteiger partial charge is 0.748 e. The molecule has 0 spiro atoms. The van der Waals surface area contributed by atoms with Gasteiger partial charge in [0.1, 0.15) is 11.7 Å². The number of aryl methyl sites for hydroxylation is 1. The molecule has 4 aromatic carbocycles. The lowest BCUT2D eigenvalue weighted by atomic mass is 10.0. The number of hydrogen-bond donors (Lipinski definition) is 0. The Morgan fingerprint density at radius 2 is 1.52 bits per heavy atom. The Kier molecular flexibility index (Phi) is 8.05. The topological polar surface area (TPSA) is 64.3 Å². The van der Waals surface area contributed by atoms with Gasteiger partial charge in [0, 0.05) is 23.6 Å². The zero-order valence-electron chi connectivity index (χ0n) is 23.4. The second kappa shape index (κ2) is 11.9. The standard InChI is InChI=1S/C34H30N2O3S3/c1-3-24(20-33-35(2)29-22-27(14-16-31(29)40-33)25-10-6-4-7-11-25)21-34-36(18-19-42(37,38)39)30-23-28(15-17-32(30)41-34)26-12-8-5-9-13-26/h4-17,20-23H,3,18-19H2,1-2H3. The van der Waals surface area contributed by atoms with E-state index < -0.39 is 15.9 Å². The van der Waals surface area contributed by atoms with Crippen molar-refractivity contribution in [1.82, 2.24) is 0 Å². The van der Waals surface area contributed by atoms with E-state index in [0.29, 0.717) is 0 Å². The van der Waals surface area contributed by atoms with Crippen molar-refractivity contribution in [3.05, 3.63) is 119 Å². The number of fused-ring (bicyclic) bond motifs is 2. The van der Waals surface area contributed by atoms with Gasteiger partial charge in [-0.1, -0.05) is 103 Å². The predicted octanol–water partition coefficient (Wildman–Crippen LogP) is 7.85. The molecule has 5 nitrogen and oxygen atoms in total. The Balaban J connectivity index is 1.36. The third-order valence-corrected chi connectivity index (χ3v) is 10.4. The molecule has 0 saturated carbocycles. The van der Waals surface area contributed by atoms with Gasteiger partial charge in [-0.25, -0.2) is 8.42 Å². The second-order valence-electron chi connectivity index (χ2n) is 10.2. The smallest absolute Gasteiger partial charge is 0.262 e. The summed E-state index contributed by atoms with van der Waals surface area (Å²) in [5.74, 6) is -0.458. The Morgan fingerprint density at radius 3 is 2.17 bits per heavy atom. The van der Waals surface area contributed by atoms with E-state index in [1.54, 1.807) is 23.1 Å². The molecule has 2 heterocycles. The molecule has 0 bridgehead atoms. The first-order valence-corrected chi connectivity index (χ1v) is 17.0. The lowest BCUT2D eigenvalue weighted by Gasteiger charge is -2.22. The van der Waals surface area contributed by atoms with Gasteiger partial charge in [0.25, 0.3) is 5.01 Å². The van der Waals surface area contributed by atoms with Crippen molar-refractivity contribution >= 4 is 55.2 Å². The lowest BCUT2D eigenvalue weighted by molar-refractivity contribution is -0.642. The molecule has 0 N–H and O–H groups in total. The van der Waals surface area contributed by atoms with E-state index in [2.05, 4.69) is 103 Å². The van der Waals surface area contributed by atoms with Gasteiger partial charge in [0.15, 0.2) is 0 Å². The Hall–Kier alpha value is -3.69. The van der Waals surface area contributed by atoms with Crippen LogP contribution < -0.4 is 9.47 Å². The molecule has 0 radical (unpaired) electrons. The van der Waals surface area contributed by atoms with E-state index >= 15 is 0 Å². The number of thioether (sulfide) groups is 1. The minimum absolute atomic E-state index is 0.103. The van der Waals surface area contributed by atoms with Crippen molar-refractivity contribution in [3.8, 4) is 22.3 Å². The normalized spacial score (nSPS) is 14.6. The quantitative estimate of drug-likeness (QED) is 0.132. The number of aromatic nitrogens is 1. The number of thiazole rings is 1. The Labute approximate surface area is 255 Å². The molecule has 0 atom stereocenters. The summed E-state index contributed by atoms with van der Waals surface area (Å²) >= 11 is 3.35. The van der Waals surface area contributed by atoms with Crippen LogP contribution >= 0.6 is 23.1 Å². The molecule has 1 aromatic heterocycles. The maximum Gasteiger partial charge on any atom is 0.262 e. The van der Waals surface area contributed by atoms with Crippen LogP contribution in [0.4, 0.5) is 5.69 Å². The highest BCUT2D eigenvalue weighted by Gasteiger charge is 2.26. The lowest BCUT2D eigenvalue weighted by Crippen LogP contribution is -2.29. The molecule has 8 heteroatoms. The van der Waals surface area contributed by atoms with Crippen LogP contribution in [-0.4, -0.2) is 25.3 Å². The van der Waals surface area contributed by atoms with Gasteiger partial charge < -0.3 is 9.45 Å². The summed E-state index contributed by atoms with van der Waals surface area (Å²) in [6, 6.07) is 33.3. The fourth-order valence-electron chi connectivity index (χ4n) is 5.12. The van der Waals surface area contributed by atoms with Crippen molar-refractivity contribution in [2.75, 3.05) is 17.2 Å². The van der Waals surface area contributed by atoms with Gasteiger partial charge in [-0.15, -0.1) is 0 Å². The van der Waals surface area contributed by atoms with Crippen LogP contribution in [0.15, 0.2) is 119 Å². The zero-order chi connectivity index (χ0) is 29.3. The summed E-state index contributed by atoms with van der Waals surface area (Å²) in [6.45, 7) is 2.22. The average molecular weight is 611 g/mol. The average Bonchev–Trinajstić information content (AvgIpc) is 3.51. The highest BCUT2D eigenvalue weighted by molar-refractivity contribution is 8.03. The molecular weight excluding hydrogens is 581 g/mol. The molecule has 0 saturated heterocycles. The molecule has 0 fully saturated rings. The first-order chi connectivity index (χ1) is 20.3. The van der Waals surface area contributed by atoms with Crippen LogP contribution in [0.1, 0.15) is 18.4 Å². The molecule has 212 valence electrons. The van der Waals surface area contributed by atoms with Gasteiger partial charge in [0.05, 0.1) is 26.6 Å². The number of rotatable bonds is 8. The highest BCUT2D eigenvalue weighted by Crippen LogP contribution is 2.48. The second-order valence-corrected chi connectivity index (χ2v) is 13.8. The molecule has 42 heavy (non-hydrogen) atoms. The van der Waals surface area contributed by atoms with Gasteiger partial charge in [0.2, 0.25) is 5.52 Å². The van der Waals surface area contributed by atoms with E-state index in [0.717, 1.165) is 43.7 Å². The SMILES string of the molecule is CCC(/C=C1\Sc2ccc(-c3ccccc3)cc2N1CCS(=O)(=O)[O-])=C\c1sc2ccc(-c3ccccc3)cc2[n+]1C. The fraction of sp³-hybridized carbons (Fsp3) is 0.147. The van der Waals surface area contributed by atoms with Gasteiger partial charge in [-0.05, 0) is 58.5 Å². The summed E-state index contributed by atoms with van der Waals surface area (Å²) in [5, 5.41) is 2.05. The summed E-state index contributed by atoms with van der Waals surface area (Å²) in [6.07, 6.45) is 5.14. The Morgan fingerprint density at radius 1 is 0.881 bits per heavy atom. The molecular formula is C34H30N2O3S3. The van der Waals surface area contributed by atoms with Crippen molar-refractivity contribution in [2.24, 2.45) is 7.05 Å². The minimum Gasteiger partial charge on any atom is -0.748 e. The predicted molar refractivity (Wildman–Crippen MR) is 174 cm³/mol. The number of anilines is 1. The summed E-state index contributed by atoms with van der Waals surface area (Å²) in [7, 11) is -2.28.